The number of ether oxygens (including phenoxy) is 2. The number of fused-ring (bicyclic) bond motifs is 1. The first-order chi connectivity index (χ1) is 11.0. The van der Waals surface area contributed by atoms with Gasteiger partial charge in [0.15, 0.2) is 0 Å². The predicted molar refractivity (Wildman–Crippen MR) is 86.0 cm³/mol. The SMILES string of the molecule is OC[C@H]1O[C@H](Oc2ccc3cc(Br)ccc3c2)[C@@H](O)[C@H](O)[C@H]1O. The zero-order chi connectivity index (χ0) is 16.6. The average Bonchev–Trinajstić information content (AvgIpc) is 2.55. The lowest BCUT2D eigenvalue weighted by Crippen LogP contribution is -2.60. The van der Waals surface area contributed by atoms with E-state index in [4.69, 9.17) is 9.47 Å². The van der Waals surface area contributed by atoms with Crippen LogP contribution in [0.2, 0.25) is 0 Å². The van der Waals surface area contributed by atoms with Crippen LogP contribution in [0, 0.1) is 0 Å². The Bertz CT molecular complexity index is 691. The van der Waals surface area contributed by atoms with Crippen LogP contribution in [0.1, 0.15) is 0 Å². The van der Waals surface area contributed by atoms with Gasteiger partial charge in [0.1, 0.15) is 30.2 Å². The van der Waals surface area contributed by atoms with E-state index in [9.17, 15) is 20.4 Å². The maximum atomic E-state index is 9.98. The molecule has 3 rings (SSSR count). The van der Waals surface area contributed by atoms with Gasteiger partial charge in [-0.2, -0.15) is 0 Å². The maximum Gasteiger partial charge on any atom is 0.229 e. The summed E-state index contributed by atoms with van der Waals surface area (Å²) in [6, 6.07) is 11.1. The first-order valence-electron chi connectivity index (χ1n) is 7.16. The van der Waals surface area contributed by atoms with Crippen molar-refractivity contribution in [3.05, 3.63) is 40.9 Å². The quantitative estimate of drug-likeness (QED) is 0.624. The van der Waals surface area contributed by atoms with Crippen molar-refractivity contribution in [1.29, 1.82) is 0 Å². The summed E-state index contributed by atoms with van der Waals surface area (Å²) in [5.41, 5.74) is 0. The first kappa shape index (κ1) is 16.6. The molecule has 0 saturated carbocycles. The number of halogens is 1. The largest absolute Gasteiger partial charge is 0.462 e. The zero-order valence-corrected chi connectivity index (χ0v) is 13.6. The smallest absolute Gasteiger partial charge is 0.229 e. The molecule has 2 aromatic carbocycles. The van der Waals surface area contributed by atoms with Crippen molar-refractivity contribution in [2.75, 3.05) is 6.61 Å². The molecule has 0 amide bonds. The van der Waals surface area contributed by atoms with Crippen LogP contribution >= 0.6 is 15.9 Å². The molecule has 4 N–H and O–H groups in total. The van der Waals surface area contributed by atoms with Crippen LogP contribution in [0.3, 0.4) is 0 Å². The fourth-order valence-corrected chi connectivity index (χ4v) is 2.95. The second-order valence-corrected chi connectivity index (χ2v) is 6.38. The Morgan fingerprint density at radius 3 is 2.39 bits per heavy atom. The number of rotatable bonds is 3. The number of benzene rings is 2. The molecule has 1 aliphatic heterocycles. The van der Waals surface area contributed by atoms with Crippen molar-refractivity contribution in [2.24, 2.45) is 0 Å². The van der Waals surface area contributed by atoms with E-state index in [2.05, 4.69) is 15.9 Å². The highest BCUT2D eigenvalue weighted by atomic mass is 79.9. The van der Waals surface area contributed by atoms with Crippen molar-refractivity contribution in [1.82, 2.24) is 0 Å². The molecule has 0 radical (unpaired) electrons. The van der Waals surface area contributed by atoms with Gasteiger partial charge in [-0.25, -0.2) is 0 Å². The van der Waals surface area contributed by atoms with Crippen molar-refractivity contribution < 1.29 is 29.9 Å². The minimum absolute atomic E-state index is 0.448. The third-order valence-electron chi connectivity index (χ3n) is 3.87. The molecule has 0 aromatic heterocycles. The third kappa shape index (κ3) is 3.35. The molecule has 7 heteroatoms. The van der Waals surface area contributed by atoms with Gasteiger partial charge in [-0.05, 0) is 35.0 Å². The Kier molecular flexibility index (Phi) is 4.86. The van der Waals surface area contributed by atoms with Crippen molar-refractivity contribution in [2.45, 2.75) is 30.7 Å². The molecule has 2 aromatic rings. The molecular formula is C16H17BrO6. The van der Waals surface area contributed by atoms with Gasteiger partial charge in [-0.1, -0.05) is 28.1 Å². The van der Waals surface area contributed by atoms with Crippen molar-refractivity contribution in [3.63, 3.8) is 0 Å². The number of aliphatic hydroxyl groups excluding tert-OH is 4. The van der Waals surface area contributed by atoms with Gasteiger partial charge in [-0.15, -0.1) is 0 Å². The predicted octanol–water partition coefficient (Wildman–Crippen LogP) is 0.781. The number of aliphatic hydroxyl groups is 4. The summed E-state index contributed by atoms with van der Waals surface area (Å²) in [6.07, 6.45) is -6.45. The third-order valence-corrected chi connectivity index (χ3v) is 4.37. The van der Waals surface area contributed by atoms with E-state index in [-0.39, 0.29) is 0 Å². The molecule has 1 aliphatic rings. The van der Waals surface area contributed by atoms with Crippen LogP contribution in [-0.4, -0.2) is 57.7 Å². The molecule has 1 heterocycles. The molecule has 5 atom stereocenters. The first-order valence-corrected chi connectivity index (χ1v) is 7.95. The van der Waals surface area contributed by atoms with E-state index in [1.54, 1.807) is 12.1 Å². The summed E-state index contributed by atoms with van der Waals surface area (Å²) < 4.78 is 11.9. The average molecular weight is 385 g/mol. The van der Waals surface area contributed by atoms with Gasteiger partial charge in [0, 0.05) is 4.47 Å². The molecule has 1 saturated heterocycles. The normalized spacial score (nSPS) is 31.3. The van der Waals surface area contributed by atoms with Crippen LogP contribution in [0.4, 0.5) is 0 Å². The summed E-state index contributed by atoms with van der Waals surface area (Å²) in [4.78, 5) is 0. The van der Waals surface area contributed by atoms with E-state index >= 15 is 0 Å². The Hall–Kier alpha value is -1.22. The Morgan fingerprint density at radius 1 is 0.957 bits per heavy atom. The molecular weight excluding hydrogens is 368 g/mol. The molecule has 0 unspecified atom stereocenters. The van der Waals surface area contributed by atoms with Crippen LogP contribution < -0.4 is 4.74 Å². The van der Waals surface area contributed by atoms with Gasteiger partial charge in [0.05, 0.1) is 6.61 Å². The summed E-state index contributed by atoms with van der Waals surface area (Å²) in [5.74, 6) is 0.448. The van der Waals surface area contributed by atoms with E-state index in [1.807, 2.05) is 24.3 Å². The van der Waals surface area contributed by atoms with Crippen LogP contribution in [0.15, 0.2) is 40.9 Å². The summed E-state index contributed by atoms with van der Waals surface area (Å²) in [7, 11) is 0. The highest BCUT2D eigenvalue weighted by molar-refractivity contribution is 9.10. The van der Waals surface area contributed by atoms with Crippen LogP contribution in [-0.2, 0) is 4.74 Å². The minimum atomic E-state index is -1.46. The lowest BCUT2D eigenvalue weighted by atomic mass is 9.99. The van der Waals surface area contributed by atoms with Gasteiger partial charge < -0.3 is 29.9 Å². The fourth-order valence-electron chi connectivity index (χ4n) is 2.57. The Morgan fingerprint density at radius 2 is 1.65 bits per heavy atom. The molecule has 0 spiro atoms. The van der Waals surface area contributed by atoms with E-state index in [0.29, 0.717) is 5.75 Å². The topological polar surface area (TPSA) is 99.4 Å². The van der Waals surface area contributed by atoms with Crippen molar-refractivity contribution >= 4 is 26.7 Å². The monoisotopic (exact) mass is 384 g/mol. The zero-order valence-electron chi connectivity index (χ0n) is 12.0. The maximum absolute atomic E-state index is 9.98. The van der Waals surface area contributed by atoms with Crippen LogP contribution in [0.5, 0.6) is 5.75 Å². The van der Waals surface area contributed by atoms with Gasteiger partial charge in [-0.3, -0.25) is 0 Å². The lowest BCUT2D eigenvalue weighted by molar-refractivity contribution is -0.277. The van der Waals surface area contributed by atoms with Gasteiger partial charge in [0.2, 0.25) is 6.29 Å². The lowest BCUT2D eigenvalue weighted by Gasteiger charge is -2.39. The summed E-state index contributed by atoms with van der Waals surface area (Å²) in [6.45, 7) is -0.490. The molecule has 1 fully saturated rings. The fraction of sp³-hybridized carbons (Fsp3) is 0.375. The Labute approximate surface area is 141 Å². The van der Waals surface area contributed by atoms with E-state index < -0.39 is 37.3 Å². The summed E-state index contributed by atoms with van der Waals surface area (Å²) >= 11 is 3.41. The highest BCUT2D eigenvalue weighted by Crippen LogP contribution is 2.28. The molecule has 23 heavy (non-hydrogen) atoms. The second kappa shape index (κ2) is 6.72. The van der Waals surface area contributed by atoms with Gasteiger partial charge in [0.25, 0.3) is 0 Å². The minimum Gasteiger partial charge on any atom is -0.462 e. The highest BCUT2D eigenvalue weighted by Gasteiger charge is 2.44. The number of hydrogen-bond donors (Lipinski definition) is 4. The molecule has 0 aliphatic carbocycles. The molecule has 0 bridgehead atoms. The van der Waals surface area contributed by atoms with E-state index in [1.165, 1.54) is 0 Å². The standard InChI is InChI=1S/C16H17BrO6/c17-10-3-1-9-6-11(4-2-8(9)5-10)22-16-15(21)14(20)13(19)12(7-18)23-16/h1-6,12-16,18-21H,7H2/t12-,13+,14-,15+,16+/m1/s1. The molecule has 124 valence electrons. The van der Waals surface area contributed by atoms with Gasteiger partial charge >= 0.3 is 0 Å². The number of hydrogen-bond acceptors (Lipinski definition) is 6. The second-order valence-electron chi connectivity index (χ2n) is 5.47. The summed E-state index contributed by atoms with van der Waals surface area (Å²) in [5, 5.41) is 40.6. The van der Waals surface area contributed by atoms with Crippen molar-refractivity contribution in [3.8, 4) is 5.75 Å². The Balaban J connectivity index is 1.81. The molecule has 6 nitrogen and oxygen atoms in total. The van der Waals surface area contributed by atoms with Crippen LogP contribution in [0.25, 0.3) is 10.8 Å². The van der Waals surface area contributed by atoms with E-state index in [0.717, 1.165) is 15.2 Å².